The summed E-state index contributed by atoms with van der Waals surface area (Å²) in [5.41, 5.74) is 1.98. The molecule has 2 aromatic rings. The number of nitrogens with zero attached hydrogens (tertiary/aromatic N) is 5. The molecule has 0 bridgehead atoms. The normalized spacial score (nSPS) is 18.5. The van der Waals surface area contributed by atoms with E-state index in [0.29, 0.717) is 31.0 Å². The van der Waals surface area contributed by atoms with Gasteiger partial charge in [0.15, 0.2) is 5.82 Å². The third kappa shape index (κ3) is 3.48. The van der Waals surface area contributed by atoms with E-state index in [1.807, 2.05) is 29.8 Å². The molecule has 3 heterocycles. The number of piperidine rings is 1. The Bertz CT molecular complexity index is 905. The number of fused-ring (bicyclic) bond motifs is 3. The van der Waals surface area contributed by atoms with Crippen LogP contribution in [0.25, 0.3) is 5.69 Å². The summed E-state index contributed by atoms with van der Waals surface area (Å²) in [6, 6.07) is 5.65. The highest BCUT2D eigenvalue weighted by Gasteiger charge is 2.43. The maximum Gasteiger partial charge on any atom is 0.471 e. The lowest BCUT2D eigenvalue weighted by atomic mass is 9.95. The van der Waals surface area contributed by atoms with Crippen molar-refractivity contribution in [2.24, 2.45) is 0 Å². The first kappa shape index (κ1) is 19.2. The van der Waals surface area contributed by atoms with E-state index in [-0.39, 0.29) is 19.0 Å². The van der Waals surface area contributed by atoms with E-state index in [1.54, 1.807) is 0 Å². The zero-order valence-electron chi connectivity index (χ0n) is 15.2. The summed E-state index contributed by atoms with van der Waals surface area (Å²) in [5.74, 6) is -0.321. The van der Waals surface area contributed by atoms with Gasteiger partial charge in [-0.05, 0) is 43.7 Å². The van der Waals surface area contributed by atoms with Gasteiger partial charge in [0.05, 0.1) is 12.2 Å². The number of likely N-dealkylation sites (tertiary alicyclic amines) is 1. The molecule has 0 spiro atoms. The maximum absolute atomic E-state index is 12.7. The third-order valence-corrected chi connectivity index (χ3v) is 5.51. The van der Waals surface area contributed by atoms with Crippen LogP contribution in [-0.4, -0.2) is 56.8 Å². The Morgan fingerprint density at radius 1 is 1.18 bits per heavy atom. The lowest BCUT2D eigenvalue weighted by molar-refractivity contribution is -0.186. The summed E-state index contributed by atoms with van der Waals surface area (Å²) in [5, 5.41) is 9.34. The lowest BCUT2D eigenvalue weighted by Gasteiger charge is -2.32. The number of hydrogen-bond donors (Lipinski definition) is 0. The molecule has 0 aliphatic carbocycles. The van der Waals surface area contributed by atoms with Crippen molar-refractivity contribution in [3.05, 3.63) is 40.4 Å². The van der Waals surface area contributed by atoms with E-state index in [2.05, 4.69) is 15.1 Å². The Kier molecular flexibility index (Phi) is 4.83. The first-order chi connectivity index (χ1) is 13.2. The van der Waals surface area contributed by atoms with Crippen LogP contribution in [0.1, 0.15) is 36.0 Å². The summed E-state index contributed by atoms with van der Waals surface area (Å²) in [4.78, 5) is 14.5. The minimum atomic E-state index is -4.83. The predicted octanol–water partition coefficient (Wildman–Crippen LogP) is 3.13. The molecule has 2 aliphatic heterocycles. The second-order valence-electron chi connectivity index (χ2n) is 7.32. The molecule has 1 saturated heterocycles. The Labute approximate surface area is 164 Å². The van der Waals surface area contributed by atoms with Crippen LogP contribution in [0, 0.1) is 0 Å². The number of halogens is 4. The van der Waals surface area contributed by atoms with Crippen molar-refractivity contribution in [2.45, 2.75) is 38.0 Å². The molecule has 150 valence electrons. The molecule has 1 aromatic heterocycles. The van der Waals surface area contributed by atoms with Crippen LogP contribution in [-0.2, 0) is 17.9 Å². The van der Waals surface area contributed by atoms with Crippen LogP contribution in [0.4, 0.5) is 13.2 Å². The predicted molar refractivity (Wildman–Crippen MR) is 96.2 cm³/mol. The first-order valence-corrected chi connectivity index (χ1v) is 9.39. The molecule has 10 heteroatoms. The van der Waals surface area contributed by atoms with E-state index < -0.39 is 12.1 Å². The fraction of sp³-hybridized carbons (Fsp3) is 0.500. The highest BCUT2D eigenvalue weighted by atomic mass is 35.5. The minimum absolute atomic E-state index is 0.0541. The monoisotopic (exact) mass is 413 g/mol. The van der Waals surface area contributed by atoms with Crippen molar-refractivity contribution in [2.75, 3.05) is 20.1 Å². The van der Waals surface area contributed by atoms with Crippen molar-refractivity contribution < 1.29 is 18.0 Å². The molecule has 0 N–H and O–H groups in total. The van der Waals surface area contributed by atoms with Crippen molar-refractivity contribution in [3.63, 3.8) is 0 Å². The summed E-state index contributed by atoms with van der Waals surface area (Å²) in [7, 11) is 1.98. The Morgan fingerprint density at radius 3 is 2.57 bits per heavy atom. The number of alkyl halides is 3. The van der Waals surface area contributed by atoms with Gasteiger partial charge in [0.1, 0.15) is 5.82 Å². The van der Waals surface area contributed by atoms with Crippen molar-refractivity contribution >= 4 is 17.5 Å². The molecular weight excluding hydrogens is 395 g/mol. The fourth-order valence-corrected chi connectivity index (χ4v) is 4.16. The van der Waals surface area contributed by atoms with Gasteiger partial charge < -0.3 is 4.90 Å². The zero-order valence-corrected chi connectivity index (χ0v) is 16.0. The Hall–Kier alpha value is -2.13. The fourth-order valence-electron chi connectivity index (χ4n) is 3.97. The molecule has 28 heavy (non-hydrogen) atoms. The number of amides is 1. The van der Waals surface area contributed by atoms with Crippen LogP contribution in [0.2, 0.25) is 5.02 Å². The van der Waals surface area contributed by atoms with Gasteiger partial charge in [-0.25, -0.2) is 0 Å². The SMILES string of the molecule is CN1Cc2cc(Cl)ccc2-n2c(nnc2C2CCN(C(=O)C(F)(F)F)CC2)C1. The zero-order chi connectivity index (χ0) is 20.1. The molecule has 1 amide bonds. The second-order valence-corrected chi connectivity index (χ2v) is 7.76. The number of hydrogen-bond acceptors (Lipinski definition) is 4. The molecule has 0 saturated carbocycles. The molecule has 1 fully saturated rings. The van der Waals surface area contributed by atoms with Gasteiger partial charge >= 0.3 is 12.1 Å². The van der Waals surface area contributed by atoms with E-state index in [9.17, 15) is 18.0 Å². The van der Waals surface area contributed by atoms with Gasteiger partial charge in [-0.15, -0.1) is 10.2 Å². The van der Waals surface area contributed by atoms with Crippen LogP contribution in [0.5, 0.6) is 0 Å². The number of rotatable bonds is 1. The average molecular weight is 414 g/mol. The van der Waals surface area contributed by atoms with Crippen molar-refractivity contribution in [1.29, 1.82) is 0 Å². The summed E-state index contributed by atoms with van der Waals surface area (Å²) < 4.78 is 40.0. The first-order valence-electron chi connectivity index (χ1n) is 9.01. The molecule has 0 radical (unpaired) electrons. The van der Waals surface area contributed by atoms with Crippen LogP contribution < -0.4 is 0 Å². The standard InChI is InChI=1S/C18H19ClF3N5O/c1-25-9-12-8-13(19)2-3-14(12)27-15(10-25)23-24-16(27)11-4-6-26(7-5-11)17(28)18(20,21)22/h2-3,8,11H,4-7,9-10H2,1H3. The van der Waals surface area contributed by atoms with Crippen LogP contribution in [0.3, 0.4) is 0 Å². The van der Waals surface area contributed by atoms with Crippen molar-refractivity contribution in [1.82, 2.24) is 24.6 Å². The topological polar surface area (TPSA) is 54.3 Å². The smallest absolute Gasteiger partial charge is 0.335 e. The number of carbonyl (C=O) groups excluding carboxylic acids is 1. The van der Waals surface area contributed by atoms with Crippen molar-refractivity contribution in [3.8, 4) is 5.69 Å². The van der Waals surface area contributed by atoms with Gasteiger partial charge in [-0.3, -0.25) is 14.3 Å². The van der Waals surface area contributed by atoms with E-state index in [4.69, 9.17) is 11.6 Å². The minimum Gasteiger partial charge on any atom is -0.335 e. The Morgan fingerprint density at radius 2 is 1.89 bits per heavy atom. The molecule has 0 atom stereocenters. The van der Waals surface area contributed by atoms with Crippen LogP contribution >= 0.6 is 11.6 Å². The Balaban J connectivity index is 1.63. The summed E-state index contributed by atoms with van der Waals surface area (Å²) >= 11 is 6.16. The van der Waals surface area contributed by atoms with E-state index in [0.717, 1.165) is 27.8 Å². The number of carbonyl (C=O) groups is 1. The maximum atomic E-state index is 12.7. The van der Waals surface area contributed by atoms with Gasteiger partial charge in [-0.2, -0.15) is 13.2 Å². The summed E-state index contributed by atoms with van der Waals surface area (Å²) in [6.45, 7) is 1.42. The number of aromatic nitrogens is 3. The van der Waals surface area contributed by atoms with Gasteiger partial charge in [0.2, 0.25) is 0 Å². The van der Waals surface area contributed by atoms with Gasteiger partial charge in [0.25, 0.3) is 0 Å². The molecule has 0 unspecified atom stereocenters. The van der Waals surface area contributed by atoms with E-state index >= 15 is 0 Å². The van der Waals surface area contributed by atoms with E-state index in [1.165, 1.54) is 0 Å². The lowest BCUT2D eigenvalue weighted by Crippen LogP contribution is -2.45. The quantitative estimate of drug-likeness (QED) is 0.720. The molecule has 4 rings (SSSR count). The van der Waals surface area contributed by atoms with Crippen LogP contribution in [0.15, 0.2) is 18.2 Å². The molecule has 1 aromatic carbocycles. The summed E-state index contributed by atoms with van der Waals surface area (Å²) in [6.07, 6.45) is -4.00. The molecular formula is C18H19ClF3N5O. The highest BCUT2D eigenvalue weighted by Crippen LogP contribution is 2.34. The molecule has 2 aliphatic rings. The molecule has 6 nitrogen and oxygen atoms in total. The third-order valence-electron chi connectivity index (χ3n) is 5.28. The number of benzene rings is 1. The second kappa shape index (κ2) is 7.04. The average Bonchev–Trinajstić information content (AvgIpc) is 2.98. The largest absolute Gasteiger partial charge is 0.471 e. The van der Waals surface area contributed by atoms with Gasteiger partial charge in [-0.1, -0.05) is 11.6 Å². The highest BCUT2D eigenvalue weighted by molar-refractivity contribution is 6.30. The van der Waals surface area contributed by atoms with Gasteiger partial charge in [0, 0.05) is 30.6 Å².